The number of methoxy groups -OCH3 is 3. The van der Waals surface area contributed by atoms with Crippen LogP contribution in [0, 0.1) is 10.5 Å². The van der Waals surface area contributed by atoms with Crippen molar-refractivity contribution >= 4 is 48.6 Å². The van der Waals surface area contributed by atoms with Crippen molar-refractivity contribution in [3.8, 4) is 11.5 Å². The Morgan fingerprint density at radius 1 is 0.881 bits per heavy atom. The van der Waals surface area contributed by atoms with Crippen molar-refractivity contribution in [3.05, 3.63) is 87.0 Å². The van der Waals surface area contributed by atoms with Crippen LogP contribution in [0.3, 0.4) is 0 Å². The zero-order valence-electron chi connectivity index (χ0n) is 24.0. The van der Waals surface area contributed by atoms with Gasteiger partial charge in [-0.25, -0.2) is 21.6 Å². The predicted molar refractivity (Wildman–Crippen MR) is 169 cm³/mol. The third kappa shape index (κ3) is 9.14. The summed E-state index contributed by atoms with van der Waals surface area (Å²) in [4.78, 5) is 13.1. The van der Waals surface area contributed by atoms with Gasteiger partial charge in [-0.15, -0.1) is 0 Å². The summed E-state index contributed by atoms with van der Waals surface area (Å²) >= 11 is 2.11. The lowest BCUT2D eigenvalue weighted by molar-refractivity contribution is -0.145. The molecule has 0 aliphatic carbocycles. The molecule has 0 aromatic heterocycles. The van der Waals surface area contributed by atoms with Crippen LogP contribution in [0.5, 0.6) is 11.5 Å². The van der Waals surface area contributed by atoms with E-state index in [-0.39, 0.29) is 24.3 Å². The van der Waals surface area contributed by atoms with Gasteiger partial charge in [0.05, 0.1) is 36.1 Å². The van der Waals surface area contributed by atoms with Gasteiger partial charge in [0.1, 0.15) is 17.5 Å². The summed E-state index contributed by atoms with van der Waals surface area (Å²) in [5.41, 5.74) is 2.30. The van der Waals surface area contributed by atoms with Crippen molar-refractivity contribution in [3.63, 3.8) is 0 Å². The topological polar surface area (TPSA) is 128 Å². The number of carbonyl (C=O) groups is 1. The Balaban J connectivity index is 2.03. The number of ether oxygens (including phenoxy) is 3. The van der Waals surface area contributed by atoms with Crippen molar-refractivity contribution in [2.24, 2.45) is 0 Å². The molecule has 0 aliphatic heterocycles. The number of rotatable bonds is 14. The average Bonchev–Trinajstić information content (AvgIpc) is 2.94. The smallest absolute Gasteiger partial charge is 0.324 e. The molecule has 0 fully saturated rings. The Morgan fingerprint density at radius 2 is 1.50 bits per heavy atom. The number of esters is 1. The van der Waals surface area contributed by atoms with Crippen molar-refractivity contribution in [1.29, 1.82) is 0 Å². The van der Waals surface area contributed by atoms with Crippen molar-refractivity contribution in [2.45, 2.75) is 36.7 Å². The fourth-order valence-corrected chi connectivity index (χ4v) is 7.51. The highest BCUT2D eigenvalue weighted by molar-refractivity contribution is 14.1. The van der Waals surface area contributed by atoms with Crippen LogP contribution in [0.2, 0.25) is 0 Å². The van der Waals surface area contributed by atoms with Crippen LogP contribution < -0.4 is 14.2 Å². The zero-order valence-corrected chi connectivity index (χ0v) is 27.8. The second-order valence-corrected chi connectivity index (χ2v) is 14.5. The summed E-state index contributed by atoms with van der Waals surface area (Å²) in [6.45, 7) is 1.51. The van der Waals surface area contributed by atoms with Gasteiger partial charge in [0.2, 0.25) is 20.0 Å². The number of sulfonamides is 2. The Morgan fingerprint density at radius 3 is 2.02 bits per heavy atom. The van der Waals surface area contributed by atoms with Crippen molar-refractivity contribution < 1.29 is 35.8 Å². The maximum atomic E-state index is 13.4. The highest BCUT2D eigenvalue weighted by atomic mass is 127. The highest BCUT2D eigenvalue weighted by Gasteiger charge is 2.36. The Hall–Kier alpha value is -2.72. The van der Waals surface area contributed by atoms with E-state index in [1.54, 1.807) is 55.6 Å². The lowest BCUT2D eigenvalue weighted by atomic mass is 10.0. The van der Waals surface area contributed by atoms with Crippen LogP contribution >= 0.6 is 22.6 Å². The molecule has 0 radical (unpaired) electrons. The molecule has 0 saturated carbocycles. The van der Waals surface area contributed by atoms with E-state index in [0.29, 0.717) is 17.1 Å². The monoisotopic (exact) mass is 730 g/mol. The molecule has 0 spiro atoms. The van der Waals surface area contributed by atoms with Gasteiger partial charge in [-0.05, 0) is 89.9 Å². The Kier molecular flexibility index (Phi) is 11.8. The van der Waals surface area contributed by atoms with Gasteiger partial charge >= 0.3 is 5.97 Å². The van der Waals surface area contributed by atoms with Gasteiger partial charge in [0.15, 0.2) is 0 Å². The second kappa shape index (κ2) is 14.6. The lowest BCUT2D eigenvalue weighted by Gasteiger charge is -2.31. The number of carbonyl (C=O) groups excluding carboxylic acids is 1. The Bertz CT molecular complexity index is 1580. The van der Waals surface area contributed by atoms with Crippen LogP contribution in [0.15, 0.2) is 71.6 Å². The molecule has 0 saturated heterocycles. The van der Waals surface area contributed by atoms with E-state index in [1.807, 2.05) is 13.0 Å². The molecule has 0 bridgehead atoms. The molecule has 10 nitrogen and oxygen atoms in total. The molecule has 3 rings (SSSR count). The van der Waals surface area contributed by atoms with Crippen LogP contribution in [-0.2, 0) is 42.4 Å². The zero-order chi connectivity index (χ0) is 31.1. The third-order valence-corrected chi connectivity index (χ3v) is 10.2. The highest BCUT2D eigenvalue weighted by Crippen LogP contribution is 2.24. The van der Waals surface area contributed by atoms with Crippen molar-refractivity contribution in [2.75, 3.05) is 34.1 Å². The van der Waals surface area contributed by atoms with Gasteiger partial charge in [0.25, 0.3) is 0 Å². The predicted octanol–water partition coefficient (Wildman–Crippen LogP) is 3.55. The fourth-order valence-electron chi connectivity index (χ4n) is 4.40. The van der Waals surface area contributed by atoms with Gasteiger partial charge in [-0.3, -0.25) is 4.79 Å². The first-order valence-electron chi connectivity index (χ1n) is 12.9. The number of halogens is 1. The maximum Gasteiger partial charge on any atom is 0.324 e. The van der Waals surface area contributed by atoms with Crippen LogP contribution in [0.1, 0.15) is 16.7 Å². The number of nitrogens with zero attached hydrogens (tertiary/aromatic N) is 1. The third-order valence-electron chi connectivity index (χ3n) is 6.59. The molecule has 3 aromatic rings. The number of aryl methyl sites for hydroxylation is 1. The van der Waals surface area contributed by atoms with E-state index >= 15 is 0 Å². The second-order valence-electron chi connectivity index (χ2n) is 9.73. The Labute approximate surface area is 261 Å². The quantitative estimate of drug-likeness (QED) is 0.197. The summed E-state index contributed by atoms with van der Waals surface area (Å²) in [6.07, 6.45) is 1.12. The standard InChI is InChI=1S/C29H35IN2O8S2/c1-20-6-13-25(14-7-20)42(36,37)31-23(16-22-10-15-28(39-3)26(30)17-22)19-32(41(5,34)35)27(29(33)40-4)18-21-8-11-24(38-2)12-9-21/h6-15,17,23,27,31H,16,18-19H2,1-5H3/t23-,27-/m0/s1. The maximum absolute atomic E-state index is 13.4. The van der Waals surface area contributed by atoms with E-state index in [4.69, 9.17) is 14.2 Å². The number of hydrogen-bond donors (Lipinski definition) is 1. The first-order valence-corrected chi connectivity index (χ1v) is 17.3. The SMILES string of the molecule is COC(=O)[C@H](Cc1ccc(OC)cc1)N(C[C@H](Cc1ccc(OC)c(I)c1)NS(=O)(=O)c1ccc(C)cc1)S(C)(=O)=O. The average molecular weight is 731 g/mol. The normalized spacial score (nSPS) is 13.4. The number of nitrogens with one attached hydrogen (secondary N) is 1. The minimum atomic E-state index is -4.06. The summed E-state index contributed by atoms with van der Waals surface area (Å²) in [7, 11) is -3.83. The largest absolute Gasteiger partial charge is 0.497 e. The molecular weight excluding hydrogens is 695 g/mol. The summed E-state index contributed by atoms with van der Waals surface area (Å²) in [5, 5.41) is 0. The lowest BCUT2D eigenvalue weighted by Crippen LogP contribution is -2.53. The number of hydrogen-bond acceptors (Lipinski definition) is 8. The van der Waals surface area contributed by atoms with E-state index in [1.165, 1.54) is 26.4 Å². The van der Waals surface area contributed by atoms with E-state index in [2.05, 4.69) is 27.3 Å². The van der Waals surface area contributed by atoms with E-state index < -0.39 is 38.1 Å². The summed E-state index contributed by atoms with van der Waals surface area (Å²) in [5.74, 6) is 0.488. The minimum Gasteiger partial charge on any atom is -0.497 e. The molecule has 42 heavy (non-hydrogen) atoms. The molecule has 2 atom stereocenters. The molecule has 13 heteroatoms. The first kappa shape index (κ1) is 33.8. The molecule has 0 unspecified atom stereocenters. The van der Waals surface area contributed by atoms with Crippen molar-refractivity contribution in [1.82, 2.24) is 9.03 Å². The minimum absolute atomic E-state index is 0.00159. The van der Waals surface area contributed by atoms with Gasteiger partial charge in [0, 0.05) is 12.6 Å². The molecule has 0 aliphatic rings. The molecule has 1 N–H and O–H groups in total. The number of benzene rings is 3. The van der Waals surface area contributed by atoms with Crippen LogP contribution in [-0.4, -0.2) is 73.3 Å². The summed E-state index contributed by atoms with van der Waals surface area (Å²) < 4.78 is 73.3. The fraction of sp³-hybridized carbons (Fsp3) is 0.345. The summed E-state index contributed by atoms with van der Waals surface area (Å²) in [6, 6.07) is 16.4. The van der Waals surface area contributed by atoms with Crippen LogP contribution in [0.4, 0.5) is 0 Å². The van der Waals surface area contributed by atoms with Gasteiger partial charge in [-0.2, -0.15) is 4.31 Å². The molecule has 0 amide bonds. The molecular formula is C29H35IN2O8S2. The van der Waals surface area contributed by atoms with Gasteiger partial charge in [-0.1, -0.05) is 35.9 Å². The molecule has 0 heterocycles. The molecule has 3 aromatic carbocycles. The van der Waals surface area contributed by atoms with Crippen LogP contribution in [0.25, 0.3) is 0 Å². The van der Waals surface area contributed by atoms with E-state index in [0.717, 1.165) is 25.3 Å². The van der Waals surface area contributed by atoms with Gasteiger partial charge < -0.3 is 14.2 Å². The van der Waals surface area contributed by atoms with E-state index in [9.17, 15) is 21.6 Å². The molecule has 228 valence electrons. The first-order chi connectivity index (χ1) is 19.8.